The third-order valence-electron chi connectivity index (χ3n) is 3.89. The zero-order chi connectivity index (χ0) is 17.9. The van der Waals surface area contributed by atoms with Crippen LogP contribution < -0.4 is 10.6 Å². The Bertz CT molecular complexity index is 704. The summed E-state index contributed by atoms with van der Waals surface area (Å²) in [7, 11) is 0. The minimum absolute atomic E-state index is 0.0404. The molecule has 2 aromatic rings. The Kier molecular flexibility index (Phi) is 5.83. The molecule has 0 radical (unpaired) electrons. The largest absolute Gasteiger partial charge is 0.459 e. The number of furan rings is 1. The average Bonchev–Trinajstić information content (AvgIpc) is 3.13. The molecule has 2 N–H and O–H groups in total. The highest BCUT2D eigenvalue weighted by Gasteiger charge is 2.27. The highest BCUT2D eigenvalue weighted by molar-refractivity contribution is 7.12. The molecule has 130 valence electrons. The number of thiophene rings is 1. The lowest BCUT2D eigenvalue weighted by molar-refractivity contribution is -0.124. The topological polar surface area (TPSA) is 71.3 Å². The van der Waals surface area contributed by atoms with Crippen molar-refractivity contribution in [1.29, 1.82) is 0 Å². The molecule has 0 saturated carbocycles. The van der Waals surface area contributed by atoms with Gasteiger partial charge in [0.25, 0.3) is 5.91 Å². The normalized spacial score (nSPS) is 13.6. The minimum Gasteiger partial charge on any atom is -0.459 e. The predicted octanol–water partition coefficient (Wildman–Crippen LogP) is 3.59. The van der Waals surface area contributed by atoms with Crippen LogP contribution in [0, 0.1) is 19.8 Å². The van der Waals surface area contributed by atoms with Crippen molar-refractivity contribution in [2.45, 2.75) is 46.7 Å². The zero-order valence-corrected chi connectivity index (χ0v) is 15.5. The Morgan fingerprint density at radius 3 is 2.38 bits per heavy atom. The first kappa shape index (κ1) is 18.3. The van der Waals surface area contributed by atoms with E-state index in [-0.39, 0.29) is 29.5 Å². The van der Waals surface area contributed by atoms with E-state index in [4.69, 9.17) is 4.42 Å². The molecule has 2 amide bonds. The van der Waals surface area contributed by atoms with Crippen LogP contribution in [0.25, 0.3) is 0 Å². The Balaban J connectivity index is 2.06. The van der Waals surface area contributed by atoms with Crippen molar-refractivity contribution in [1.82, 2.24) is 10.6 Å². The van der Waals surface area contributed by atoms with E-state index in [0.29, 0.717) is 0 Å². The molecule has 5 nitrogen and oxygen atoms in total. The summed E-state index contributed by atoms with van der Waals surface area (Å²) in [5.41, 5.74) is 1.12. The second-order valence-corrected chi connectivity index (χ2v) is 7.73. The standard InChI is InChI=1S/C18H24N2O3S/c1-10(2)16(20-17(21)15-7-6-8-23-15)18(22)19-12(4)14-9-11(3)24-13(14)5/h6-10,12,16H,1-5H3,(H,19,22)(H,20,21)/t12-,16-/m0/s1. The fraction of sp³-hybridized carbons (Fsp3) is 0.444. The van der Waals surface area contributed by atoms with Crippen molar-refractivity contribution in [2.75, 3.05) is 0 Å². The number of carbonyl (C=O) groups is 2. The summed E-state index contributed by atoms with van der Waals surface area (Å²) in [5, 5.41) is 5.76. The fourth-order valence-corrected chi connectivity index (χ4v) is 3.64. The van der Waals surface area contributed by atoms with Gasteiger partial charge in [0.15, 0.2) is 5.76 Å². The SMILES string of the molecule is Cc1cc([C@H](C)NC(=O)[C@@H](NC(=O)c2ccco2)C(C)C)c(C)s1. The van der Waals surface area contributed by atoms with Gasteiger partial charge in [0, 0.05) is 9.75 Å². The summed E-state index contributed by atoms with van der Waals surface area (Å²) < 4.78 is 5.08. The van der Waals surface area contributed by atoms with Gasteiger partial charge in [0.1, 0.15) is 6.04 Å². The highest BCUT2D eigenvalue weighted by atomic mass is 32.1. The van der Waals surface area contributed by atoms with Gasteiger partial charge in [-0.05, 0) is 50.5 Å². The van der Waals surface area contributed by atoms with Gasteiger partial charge in [-0.2, -0.15) is 0 Å². The van der Waals surface area contributed by atoms with Gasteiger partial charge >= 0.3 is 0 Å². The lowest BCUT2D eigenvalue weighted by Crippen LogP contribution is -2.50. The number of hydrogen-bond donors (Lipinski definition) is 2. The van der Waals surface area contributed by atoms with Gasteiger partial charge in [0.2, 0.25) is 5.91 Å². The highest BCUT2D eigenvalue weighted by Crippen LogP contribution is 2.26. The molecule has 0 bridgehead atoms. The van der Waals surface area contributed by atoms with Crippen molar-refractivity contribution in [2.24, 2.45) is 5.92 Å². The maximum Gasteiger partial charge on any atom is 0.287 e. The predicted molar refractivity (Wildman–Crippen MR) is 95.2 cm³/mol. The zero-order valence-electron chi connectivity index (χ0n) is 14.7. The average molecular weight is 348 g/mol. The molecule has 2 atom stereocenters. The van der Waals surface area contributed by atoms with Crippen LogP contribution in [0.4, 0.5) is 0 Å². The molecule has 0 saturated heterocycles. The van der Waals surface area contributed by atoms with E-state index < -0.39 is 6.04 Å². The number of nitrogens with one attached hydrogen (secondary N) is 2. The summed E-state index contributed by atoms with van der Waals surface area (Å²) in [4.78, 5) is 27.2. The summed E-state index contributed by atoms with van der Waals surface area (Å²) >= 11 is 1.71. The number of hydrogen-bond acceptors (Lipinski definition) is 4. The van der Waals surface area contributed by atoms with E-state index >= 15 is 0 Å². The molecule has 0 aliphatic heterocycles. The van der Waals surface area contributed by atoms with Crippen LogP contribution >= 0.6 is 11.3 Å². The first-order valence-corrected chi connectivity index (χ1v) is 8.83. The van der Waals surface area contributed by atoms with Crippen molar-refractivity contribution >= 4 is 23.2 Å². The molecule has 0 fully saturated rings. The van der Waals surface area contributed by atoms with Gasteiger partial charge in [-0.3, -0.25) is 9.59 Å². The molecule has 2 rings (SSSR count). The van der Waals surface area contributed by atoms with Gasteiger partial charge in [-0.15, -0.1) is 11.3 Å². The Labute approximate surface area is 146 Å². The quantitative estimate of drug-likeness (QED) is 0.838. The lowest BCUT2D eigenvalue weighted by Gasteiger charge is -2.23. The summed E-state index contributed by atoms with van der Waals surface area (Å²) in [5.74, 6) is -0.419. The number of aryl methyl sites for hydroxylation is 2. The molecule has 2 aromatic heterocycles. The summed E-state index contributed by atoms with van der Waals surface area (Å²) in [6.45, 7) is 9.86. The van der Waals surface area contributed by atoms with Crippen molar-refractivity contribution in [3.63, 3.8) is 0 Å². The number of amides is 2. The number of rotatable bonds is 6. The lowest BCUT2D eigenvalue weighted by atomic mass is 10.0. The van der Waals surface area contributed by atoms with E-state index in [1.807, 2.05) is 27.7 Å². The Morgan fingerprint density at radius 1 is 1.17 bits per heavy atom. The van der Waals surface area contributed by atoms with Crippen molar-refractivity contribution < 1.29 is 14.0 Å². The molecule has 0 unspecified atom stereocenters. The molecule has 6 heteroatoms. The molecule has 0 aliphatic carbocycles. The van der Waals surface area contributed by atoms with Gasteiger partial charge in [-0.25, -0.2) is 0 Å². The number of carbonyl (C=O) groups excluding carboxylic acids is 2. The van der Waals surface area contributed by atoms with Crippen LogP contribution in [0.3, 0.4) is 0 Å². The summed E-state index contributed by atoms with van der Waals surface area (Å²) in [6, 6.07) is 4.58. The second-order valence-electron chi connectivity index (χ2n) is 6.27. The third kappa shape index (κ3) is 4.26. The van der Waals surface area contributed by atoms with Gasteiger partial charge in [0.05, 0.1) is 12.3 Å². The molecule has 0 aromatic carbocycles. The van der Waals surface area contributed by atoms with E-state index in [2.05, 4.69) is 23.6 Å². The van der Waals surface area contributed by atoms with Gasteiger partial charge in [-0.1, -0.05) is 13.8 Å². The molecule has 2 heterocycles. The Morgan fingerprint density at radius 2 is 1.88 bits per heavy atom. The van der Waals surface area contributed by atoms with Crippen LogP contribution in [0.1, 0.15) is 52.7 Å². The van der Waals surface area contributed by atoms with Crippen LogP contribution in [-0.2, 0) is 4.79 Å². The maximum absolute atomic E-state index is 12.6. The van der Waals surface area contributed by atoms with Crippen LogP contribution in [0.15, 0.2) is 28.9 Å². The molecule has 0 spiro atoms. The Hall–Kier alpha value is -2.08. The van der Waals surface area contributed by atoms with E-state index in [1.54, 1.807) is 23.5 Å². The van der Waals surface area contributed by atoms with E-state index in [0.717, 1.165) is 5.56 Å². The fourth-order valence-electron chi connectivity index (χ4n) is 2.62. The van der Waals surface area contributed by atoms with Crippen LogP contribution in [0.2, 0.25) is 0 Å². The van der Waals surface area contributed by atoms with Gasteiger partial charge < -0.3 is 15.1 Å². The summed E-state index contributed by atoms with van der Waals surface area (Å²) in [6.07, 6.45) is 1.43. The van der Waals surface area contributed by atoms with Crippen LogP contribution in [0.5, 0.6) is 0 Å². The smallest absolute Gasteiger partial charge is 0.287 e. The molecule has 0 aliphatic rings. The molecular weight excluding hydrogens is 324 g/mol. The first-order chi connectivity index (χ1) is 11.3. The monoisotopic (exact) mass is 348 g/mol. The second kappa shape index (κ2) is 7.66. The van der Waals surface area contributed by atoms with Crippen molar-refractivity contribution in [3.05, 3.63) is 45.5 Å². The maximum atomic E-state index is 12.6. The van der Waals surface area contributed by atoms with E-state index in [9.17, 15) is 9.59 Å². The molecule has 24 heavy (non-hydrogen) atoms. The first-order valence-electron chi connectivity index (χ1n) is 8.01. The molecular formula is C18H24N2O3S. The van der Waals surface area contributed by atoms with Crippen molar-refractivity contribution in [3.8, 4) is 0 Å². The van der Waals surface area contributed by atoms with E-state index in [1.165, 1.54) is 16.0 Å². The van der Waals surface area contributed by atoms with Crippen LogP contribution in [-0.4, -0.2) is 17.9 Å². The minimum atomic E-state index is -0.620. The third-order valence-corrected chi connectivity index (χ3v) is 4.87.